The van der Waals surface area contributed by atoms with E-state index in [0.29, 0.717) is 0 Å². The summed E-state index contributed by atoms with van der Waals surface area (Å²) in [6.45, 7) is 1.92. The molecule has 0 aliphatic carbocycles. The van der Waals surface area contributed by atoms with Gasteiger partial charge in [-0.1, -0.05) is 24.3 Å². The highest BCUT2D eigenvalue weighted by atomic mass is 127. The summed E-state index contributed by atoms with van der Waals surface area (Å²) in [6.07, 6.45) is -4.29. The summed E-state index contributed by atoms with van der Waals surface area (Å²) < 4.78 is 38.6. The summed E-state index contributed by atoms with van der Waals surface area (Å²) >= 11 is 2.22. The predicted octanol–water partition coefficient (Wildman–Crippen LogP) is 5.48. The van der Waals surface area contributed by atoms with Crippen molar-refractivity contribution in [3.8, 4) is 0 Å². The van der Waals surface area contributed by atoms with E-state index in [-0.39, 0.29) is 6.04 Å². The van der Waals surface area contributed by atoms with Crippen LogP contribution in [0, 0.1) is 3.57 Å². The van der Waals surface area contributed by atoms with Gasteiger partial charge in [-0.3, -0.25) is 0 Å². The second-order valence-electron chi connectivity index (χ2n) is 4.47. The van der Waals surface area contributed by atoms with Gasteiger partial charge in [0, 0.05) is 15.3 Å². The number of rotatable bonds is 3. The predicted molar refractivity (Wildman–Crippen MR) is 82.6 cm³/mol. The van der Waals surface area contributed by atoms with Crippen LogP contribution >= 0.6 is 22.6 Å². The van der Waals surface area contributed by atoms with Crippen LogP contribution in [-0.4, -0.2) is 0 Å². The van der Waals surface area contributed by atoms with Crippen molar-refractivity contribution < 1.29 is 13.2 Å². The van der Waals surface area contributed by atoms with Gasteiger partial charge in [-0.05, 0) is 59.3 Å². The molecule has 106 valence electrons. The van der Waals surface area contributed by atoms with E-state index in [1.165, 1.54) is 12.1 Å². The topological polar surface area (TPSA) is 12.0 Å². The number of nitrogens with one attached hydrogen (secondary N) is 1. The molecule has 0 saturated heterocycles. The summed E-state index contributed by atoms with van der Waals surface area (Å²) in [6, 6.07) is 13.0. The van der Waals surface area contributed by atoms with Crippen LogP contribution in [0.1, 0.15) is 24.1 Å². The Labute approximate surface area is 129 Å². The zero-order valence-corrected chi connectivity index (χ0v) is 12.9. The molecule has 0 aliphatic rings. The zero-order valence-electron chi connectivity index (χ0n) is 10.7. The minimum Gasteiger partial charge on any atom is -0.378 e. The lowest BCUT2D eigenvalue weighted by Crippen LogP contribution is -2.09. The molecule has 0 bridgehead atoms. The van der Waals surface area contributed by atoms with Crippen LogP contribution in [0.3, 0.4) is 0 Å². The maximum atomic E-state index is 12.5. The minimum atomic E-state index is -4.29. The summed E-state index contributed by atoms with van der Waals surface area (Å²) in [5.41, 5.74) is 1.17. The van der Waals surface area contributed by atoms with E-state index in [9.17, 15) is 13.2 Å². The molecular formula is C15H13F3IN. The molecule has 2 rings (SSSR count). The van der Waals surface area contributed by atoms with Crippen molar-refractivity contribution in [2.24, 2.45) is 0 Å². The Kier molecular flexibility index (Phi) is 4.57. The van der Waals surface area contributed by atoms with Gasteiger partial charge >= 0.3 is 6.18 Å². The van der Waals surface area contributed by atoms with E-state index in [1.54, 1.807) is 0 Å². The van der Waals surface area contributed by atoms with E-state index in [2.05, 4.69) is 27.9 Å². The van der Waals surface area contributed by atoms with Gasteiger partial charge in [-0.2, -0.15) is 13.2 Å². The summed E-state index contributed by atoms with van der Waals surface area (Å²) in [5, 5.41) is 3.30. The van der Waals surface area contributed by atoms with Crippen LogP contribution in [0.2, 0.25) is 0 Å². The maximum Gasteiger partial charge on any atom is 0.416 e. The first kappa shape index (κ1) is 15.2. The molecule has 5 heteroatoms. The van der Waals surface area contributed by atoms with E-state index in [4.69, 9.17) is 0 Å². The van der Waals surface area contributed by atoms with Crippen LogP contribution in [0.15, 0.2) is 48.5 Å². The fraction of sp³-hybridized carbons (Fsp3) is 0.200. The molecule has 1 N–H and O–H groups in total. The highest BCUT2D eigenvalue weighted by molar-refractivity contribution is 14.1. The molecule has 0 amide bonds. The Morgan fingerprint density at radius 3 is 2.15 bits per heavy atom. The monoisotopic (exact) mass is 391 g/mol. The van der Waals surface area contributed by atoms with E-state index < -0.39 is 11.7 Å². The van der Waals surface area contributed by atoms with Crippen molar-refractivity contribution in [2.75, 3.05) is 5.32 Å². The Morgan fingerprint density at radius 1 is 1.00 bits per heavy atom. The van der Waals surface area contributed by atoms with Crippen molar-refractivity contribution in [2.45, 2.75) is 19.1 Å². The Morgan fingerprint density at radius 2 is 1.60 bits per heavy atom. The van der Waals surface area contributed by atoms with Crippen LogP contribution in [-0.2, 0) is 6.18 Å². The lowest BCUT2D eigenvalue weighted by atomic mass is 10.1. The number of para-hydroxylation sites is 1. The van der Waals surface area contributed by atoms with Crippen molar-refractivity contribution in [3.63, 3.8) is 0 Å². The highest BCUT2D eigenvalue weighted by Gasteiger charge is 2.30. The summed E-state index contributed by atoms with van der Waals surface area (Å²) in [7, 11) is 0. The van der Waals surface area contributed by atoms with Gasteiger partial charge < -0.3 is 5.32 Å². The third-order valence-electron chi connectivity index (χ3n) is 2.98. The van der Waals surface area contributed by atoms with E-state index >= 15 is 0 Å². The van der Waals surface area contributed by atoms with Gasteiger partial charge in [0.15, 0.2) is 0 Å². The van der Waals surface area contributed by atoms with Crippen molar-refractivity contribution in [1.82, 2.24) is 0 Å². The third-order valence-corrected chi connectivity index (χ3v) is 3.92. The average Bonchev–Trinajstić information content (AvgIpc) is 2.40. The molecule has 0 fully saturated rings. The van der Waals surface area contributed by atoms with Crippen LogP contribution in [0.5, 0.6) is 0 Å². The Hall–Kier alpha value is -1.24. The lowest BCUT2D eigenvalue weighted by molar-refractivity contribution is -0.137. The quantitative estimate of drug-likeness (QED) is 0.683. The van der Waals surface area contributed by atoms with Crippen LogP contribution < -0.4 is 5.32 Å². The van der Waals surface area contributed by atoms with Gasteiger partial charge in [0.25, 0.3) is 0 Å². The van der Waals surface area contributed by atoms with Gasteiger partial charge in [0.1, 0.15) is 0 Å². The number of benzene rings is 2. The molecule has 2 aromatic carbocycles. The number of anilines is 1. The summed E-state index contributed by atoms with van der Waals surface area (Å²) in [5.74, 6) is 0. The summed E-state index contributed by atoms with van der Waals surface area (Å²) in [4.78, 5) is 0. The van der Waals surface area contributed by atoms with Gasteiger partial charge in [-0.15, -0.1) is 0 Å². The Balaban J connectivity index is 2.14. The molecule has 20 heavy (non-hydrogen) atoms. The first-order valence-electron chi connectivity index (χ1n) is 6.06. The fourth-order valence-electron chi connectivity index (χ4n) is 1.86. The SMILES string of the molecule is CC(Nc1ccccc1I)c1ccc(C(F)(F)F)cc1. The molecule has 0 heterocycles. The second kappa shape index (κ2) is 6.03. The molecular weight excluding hydrogens is 378 g/mol. The largest absolute Gasteiger partial charge is 0.416 e. The first-order chi connectivity index (χ1) is 9.38. The molecule has 0 aromatic heterocycles. The van der Waals surface area contributed by atoms with Crippen molar-refractivity contribution in [3.05, 3.63) is 63.2 Å². The fourth-order valence-corrected chi connectivity index (χ4v) is 2.40. The van der Waals surface area contributed by atoms with Gasteiger partial charge in [0.05, 0.1) is 5.56 Å². The molecule has 1 atom stereocenters. The maximum absolute atomic E-state index is 12.5. The average molecular weight is 391 g/mol. The number of hydrogen-bond donors (Lipinski definition) is 1. The Bertz CT molecular complexity index is 578. The smallest absolute Gasteiger partial charge is 0.378 e. The van der Waals surface area contributed by atoms with Crippen molar-refractivity contribution >= 4 is 28.3 Å². The van der Waals surface area contributed by atoms with E-state index in [0.717, 1.165) is 27.0 Å². The molecule has 0 radical (unpaired) electrons. The number of halogens is 4. The van der Waals surface area contributed by atoms with Crippen molar-refractivity contribution in [1.29, 1.82) is 0 Å². The molecule has 0 aliphatic heterocycles. The van der Waals surface area contributed by atoms with E-state index in [1.807, 2.05) is 31.2 Å². The zero-order chi connectivity index (χ0) is 14.8. The third kappa shape index (κ3) is 3.65. The van der Waals surface area contributed by atoms with Gasteiger partial charge in [0.2, 0.25) is 0 Å². The molecule has 0 spiro atoms. The normalized spacial score (nSPS) is 13.1. The van der Waals surface area contributed by atoms with Crippen LogP contribution in [0.25, 0.3) is 0 Å². The number of hydrogen-bond acceptors (Lipinski definition) is 1. The number of alkyl halides is 3. The molecule has 1 nitrogen and oxygen atoms in total. The standard InChI is InChI=1S/C15H13F3IN/c1-10(20-14-5-3-2-4-13(14)19)11-6-8-12(9-7-11)15(16,17)18/h2-10,20H,1H3. The second-order valence-corrected chi connectivity index (χ2v) is 5.63. The lowest BCUT2D eigenvalue weighted by Gasteiger charge is -2.17. The molecule has 2 aromatic rings. The minimum absolute atomic E-state index is 0.0619. The molecule has 0 saturated carbocycles. The van der Waals surface area contributed by atoms with Crippen LogP contribution in [0.4, 0.5) is 18.9 Å². The molecule has 1 unspecified atom stereocenters. The highest BCUT2D eigenvalue weighted by Crippen LogP contribution is 2.30. The van der Waals surface area contributed by atoms with Gasteiger partial charge in [-0.25, -0.2) is 0 Å². The first-order valence-corrected chi connectivity index (χ1v) is 7.14.